The van der Waals surface area contributed by atoms with E-state index in [1.807, 2.05) is 32.8 Å². The van der Waals surface area contributed by atoms with Gasteiger partial charge in [-0.2, -0.15) is 0 Å². The molecule has 1 aliphatic rings. The van der Waals surface area contributed by atoms with Crippen LogP contribution in [0.25, 0.3) is 0 Å². The minimum Gasteiger partial charge on any atom is -0.350 e. The summed E-state index contributed by atoms with van der Waals surface area (Å²) in [6, 6.07) is 6.83. The number of carbonyl (C=O) groups excluding carboxylic acids is 1. The number of anilines is 1. The van der Waals surface area contributed by atoms with Crippen molar-refractivity contribution < 1.29 is 13.2 Å². The highest BCUT2D eigenvalue weighted by atomic mass is 32.2. The highest BCUT2D eigenvalue weighted by Crippen LogP contribution is 2.24. The third-order valence-electron chi connectivity index (χ3n) is 4.64. The van der Waals surface area contributed by atoms with Gasteiger partial charge in [0.25, 0.3) is 5.91 Å². The average Bonchev–Trinajstić information content (AvgIpc) is 2.52. The predicted octanol–water partition coefficient (Wildman–Crippen LogP) is 1.69. The number of benzene rings is 1. The van der Waals surface area contributed by atoms with E-state index in [4.69, 9.17) is 0 Å². The Labute approximate surface area is 144 Å². The van der Waals surface area contributed by atoms with Gasteiger partial charge in [-0.1, -0.05) is 6.07 Å². The van der Waals surface area contributed by atoms with Crippen LogP contribution in [-0.2, 0) is 10.0 Å². The van der Waals surface area contributed by atoms with E-state index in [0.717, 1.165) is 6.42 Å². The standard InChI is InChI=1S/C17H27N3O3S/c1-17(2,19(3)4)13-18-16(21)14-8-7-9-15(12-14)20-10-5-6-11-24(20,22)23/h7-9,12H,5-6,10-11,13H2,1-4H3,(H,18,21). The summed E-state index contributed by atoms with van der Waals surface area (Å²) in [4.78, 5) is 14.5. The van der Waals surface area contributed by atoms with Gasteiger partial charge in [0.15, 0.2) is 0 Å². The number of nitrogens with zero attached hydrogens (tertiary/aromatic N) is 2. The topological polar surface area (TPSA) is 69.7 Å². The lowest BCUT2D eigenvalue weighted by Gasteiger charge is -2.32. The number of nitrogens with one attached hydrogen (secondary N) is 1. The van der Waals surface area contributed by atoms with Crippen LogP contribution in [0, 0.1) is 0 Å². The van der Waals surface area contributed by atoms with Crippen LogP contribution >= 0.6 is 0 Å². The van der Waals surface area contributed by atoms with Crippen molar-refractivity contribution in [3.8, 4) is 0 Å². The summed E-state index contributed by atoms with van der Waals surface area (Å²) in [6.07, 6.45) is 1.53. The highest BCUT2D eigenvalue weighted by Gasteiger charge is 2.27. The molecule has 1 saturated heterocycles. The first-order valence-electron chi connectivity index (χ1n) is 8.20. The van der Waals surface area contributed by atoms with Crippen molar-refractivity contribution in [2.75, 3.05) is 37.2 Å². The molecule has 0 spiro atoms. The Hall–Kier alpha value is -1.60. The van der Waals surface area contributed by atoms with Crippen molar-refractivity contribution in [2.45, 2.75) is 32.2 Å². The second-order valence-corrected chi connectivity index (χ2v) is 9.05. The maximum Gasteiger partial charge on any atom is 0.251 e. The Kier molecular flexibility index (Phi) is 5.55. The van der Waals surface area contributed by atoms with Gasteiger partial charge in [0.2, 0.25) is 10.0 Å². The second-order valence-electron chi connectivity index (χ2n) is 7.04. The Balaban J connectivity index is 2.14. The molecule has 1 fully saturated rings. The third-order valence-corrected chi connectivity index (χ3v) is 6.51. The van der Waals surface area contributed by atoms with E-state index in [1.54, 1.807) is 24.3 Å². The fraction of sp³-hybridized carbons (Fsp3) is 0.588. The Bertz CT molecular complexity index is 699. The number of sulfonamides is 1. The molecular weight excluding hydrogens is 326 g/mol. The molecule has 134 valence electrons. The van der Waals surface area contributed by atoms with Gasteiger partial charge in [-0.3, -0.25) is 9.10 Å². The van der Waals surface area contributed by atoms with Gasteiger partial charge in [-0.05, 0) is 59.0 Å². The van der Waals surface area contributed by atoms with Crippen molar-refractivity contribution in [1.82, 2.24) is 10.2 Å². The van der Waals surface area contributed by atoms with E-state index >= 15 is 0 Å². The summed E-state index contributed by atoms with van der Waals surface area (Å²) >= 11 is 0. The lowest BCUT2D eigenvalue weighted by molar-refractivity contribution is 0.0919. The highest BCUT2D eigenvalue weighted by molar-refractivity contribution is 7.92. The molecule has 1 aromatic carbocycles. The molecule has 1 amide bonds. The zero-order valence-electron chi connectivity index (χ0n) is 14.9. The Morgan fingerprint density at radius 2 is 2.00 bits per heavy atom. The van der Waals surface area contributed by atoms with Crippen molar-refractivity contribution in [3.05, 3.63) is 29.8 Å². The molecule has 1 heterocycles. The molecule has 0 bridgehead atoms. The zero-order valence-corrected chi connectivity index (χ0v) is 15.7. The number of amides is 1. The molecule has 7 heteroatoms. The Morgan fingerprint density at radius 1 is 1.29 bits per heavy atom. The number of carbonyl (C=O) groups is 1. The fourth-order valence-electron chi connectivity index (χ4n) is 2.44. The lowest BCUT2D eigenvalue weighted by Crippen LogP contribution is -2.48. The first kappa shape index (κ1) is 18.7. The van der Waals surface area contributed by atoms with Gasteiger partial charge in [-0.25, -0.2) is 8.42 Å². The van der Waals surface area contributed by atoms with Crippen LogP contribution in [-0.4, -0.2) is 57.7 Å². The normalized spacial score (nSPS) is 17.8. The molecule has 2 rings (SSSR count). The van der Waals surface area contributed by atoms with Crippen LogP contribution in [0.2, 0.25) is 0 Å². The number of likely N-dealkylation sites (N-methyl/N-ethyl adjacent to an activating group) is 1. The summed E-state index contributed by atoms with van der Waals surface area (Å²) in [5.74, 6) is -0.0262. The van der Waals surface area contributed by atoms with Crippen molar-refractivity contribution >= 4 is 21.6 Å². The molecular formula is C17H27N3O3S. The van der Waals surface area contributed by atoms with E-state index in [0.29, 0.717) is 30.8 Å². The summed E-state index contributed by atoms with van der Waals surface area (Å²) in [5.41, 5.74) is 0.876. The molecule has 0 aromatic heterocycles. The quantitative estimate of drug-likeness (QED) is 0.874. The van der Waals surface area contributed by atoms with Crippen molar-refractivity contribution in [2.24, 2.45) is 0 Å². The van der Waals surface area contributed by atoms with E-state index in [9.17, 15) is 13.2 Å². The summed E-state index contributed by atoms with van der Waals surface area (Å²) < 4.78 is 25.8. The number of hydrogen-bond donors (Lipinski definition) is 1. The van der Waals surface area contributed by atoms with Gasteiger partial charge in [-0.15, -0.1) is 0 Å². The first-order chi connectivity index (χ1) is 11.1. The van der Waals surface area contributed by atoms with Gasteiger partial charge < -0.3 is 10.2 Å². The first-order valence-corrected chi connectivity index (χ1v) is 9.80. The smallest absolute Gasteiger partial charge is 0.251 e. The summed E-state index contributed by atoms with van der Waals surface area (Å²) in [7, 11) is 0.662. The molecule has 0 unspecified atom stereocenters. The van der Waals surface area contributed by atoms with Crippen LogP contribution in [0.15, 0.2) is 24.3 Å². The van der Waals surface area contributed by atoms with Gasteiger partial charge >= 0.3 is 0 Å². The monoisotopic (exact) mass is 353 g/mol. The SMILES string of the molecule is CN(C)C(C)(C)CNC(=O)c1cccc(N2CCCCS2(=O)=O)c1. The molecule has 0 aliphatic carbocycles. The molecule has 6 nitrogen and oxygen atoms in total. The van der Waals surface area contributed by atoms with E-state index in [2.05, 4.69) is 5.32 Å². The maximum atomic E-state index is 12.4. The van der Waals surface area contributed by atoms with Gasteiger partial charge in [0.1, 0.15) is 0 Å². The van der Waals surface area contributed by atoms with E-state index in [1.165, 1.54) is 4.31 Å². The third kappa shape index (κ3) is 4.27. The Morgan fingerprint density at radius 3 is 2.62 bits per heavy atom. The molecule has 0 saturated carbocycles. The van der Waals surface area contributed by atoms with E-state index < -0.39 is 10.0 Å². The van der Waals surface area contributed by atoms with Crippen molar-refractivity contribution in [3.63, 3.8) is 0 Å². The molecule has 0 radical (unpaired) electrons. The van der Waals surface area contributed by atoms with E-state index in [-0.39, 0.29) is 17.2 Å². The van der Waals surface area contributed by atoms with Crippen molar-refractivity contribution in [1.29, 1.82) is 0 Å². The zero-order chi connectivity index (χ0) is 18.0. The number of rotatable bonds is 5. The van der Waals surface area contributed by atoms with Crippen LogP contribution in [0.4, 0.5) is 5.69 Å². The van der Waals surface area contributed by atoms with Crippen LogP contribution in [0.1, 0.15) is 37.0 Å². The summed E-state index contributed by atoms with van der Waals surface area (Å²) in [6.45, 7) is 5.07. The lowest BCUT2D eigenvalue weighted by atomic mass is 10.0. The molecule has 1 aromatic rings. The second kappa shape index (κ2) is 7.11. The summed E-state index contributed by atoms with van der Waals surface area (Å²) in [5, 5.41) is 2.92. The fourth-order valence-corrected chi connectivity index (χ4v) is 4.07. The predicted molar refractivity (Wildman–Crippen MR) is 96.9 cm³/mol. The maximum absolute atomic E-state index is 12.4. The number of hydrogen-bond acceptors (Lipinski definition) is 4. The van der Waals surface area contributed by atoms with Gasteiger partial charge in [0.05, 0.1) is 11.4 Å². The molecule has 1 N–H and O–H groups in total. The largest absolute Gasteiger partial charge is 0.350 e. The average molecular weight is 353 g/mol. The van der Waals surface area contributed by atoms with Gasteiger partial charge in [0, 0.05) is 24.2 Å². The van der Waals surface area contributed by atoms with Crippen LogP contribution in [0.5, 0.6) is 0 Å². The molecule has 1 aliphatic heterocycles. The van der Waals surface area contributed by atoms with Crippen LogP contribution < -0.4 is 9.62 Å². The van der Waals surface area contributed by atoms with Crippen LogP contribution in [0.3, 0.4) is 0 Å². The molecule has 0 atom stereocenters. The molecule has 24 heavy (non-hydrogen) atoms. The minimum absolute atomic E-state index is 0.163. The minimum atomic E-state index is -3.27.